The highest BCUT2D eigenvalue weighted by Crippen LogP contribution is 2.35. The summed E-state index contributed by atoms with van der Waals surface area (Å²) in [5, 5.41) is 0. The van der Waals surface area contributed by atoms with Crippen LogP contribution in [-0.4, -0.2) is 0 Å². The van der Waals surface area contributed by atoms with Gasteiger partial charge in [0.15, 0.2) is 0 Å². The van der Waals surface area contributed by atoms with Gasteiger partial charge in [-0.1, -0.05) is 29.8 Å². The van der Waals surface area contributed by atoms with E-state index >= 15 is 0 Å². The molecular formula is C16H17NO. The fourth-order valence-corrected chi connectivity index (χ4v) is 2.42. The summed E-state index contributed by atoms with van der Waals surface area (Å²) in [4.78, 5) is 0. The Morgan fingerprint density at radius 1 is 1.11 bits per heavy atom. The average molecular weight is 239 g/mol. The molecule has 1 aliphatic heterocycles. The zero-order chi connectivity index (χ0) is 12.5. The van der Waals surface area contributed by atoms with Crippen LogP contribution in [0.2, 0.25) is 0 Å². The first-order valence-corrected chi connectivity index (χ1v) is 6.34. The van der Waals surface area contributed by atoms with Gasteiger partial charge in [-0.3, -0.25) is 0 Å². The van der Waals surface area contributed by atoms with E-state index in [-0.39, 0.29) is 6.10 Å². The smallest absolute Gasteiger partial charge is 0.124 e. The first kappa shape index (κ1) is 11.1. The number of hydrogen-bond donors (Lipinski definition) is 1. The van der Waals surface area contributed by atoms with Crippen LogP contribution < -0.4 is 10.5 Å². The summed E-state index contributed by atoms with van der Waals surface area (Å²) >= 11 is 0. The van der Waals surface area contributed by atoms with Crippen LogP contribution in [0.1, 0.15) is 29.2 Å². The third kappa shape index (κ3) is 2.06. The third-order valence-electron chi connectivity index (χ3n) is 3.48. The zero-order valence-electron chi connectivity index (χ0n) is 10.5. The molecular weight excluding hydrogens is 222 g/mol. The van der Waals surface area contributed by atoms with Crippen LogP contribution in [0.3, 0.4) is 0 Å². The predicted molar refractivity (Wildman–Crippen MR) is 73.7 cm³/mol. The summed E-state index contributed by atoms with van der Waals surface area (Å²) in [6.07, 6.45) is 2.21. The number of ether oxygens (including phenoxy) is 1. The average Bonchev–Trinajstić information content (AvgIpc) is 2.39. The zero-order valence-corrected chi connectivity index (χ0v) is 10.5. The van der Waals surface area contributed by atoms with Gasteiger partial charge in [0, 0.05) is 5.69 Å². The van der Waals surface area contributed by atoms with Crippen molar-refractivity contribution in [2.75, 3.05) is 5.73 Å². The topological polar surface area (TPSA) is 35.2 Å². The maximum Gasteiger partial charge on any atom is 0.124 e. The van der Waals surface area contributed by atoms with Crippen molar-refractivity contribution < 1.29 is 4.74 Å². The molecule has 1 atom stereocenters. The summed E-state index contributed by atoms with van der Waals surface area (Å²) in [6, 6.07) is 14.5. The van der Waals surface area contributed by atoms with Gasteiger partial charge in [0.1, 0.15) is 11.9 Å². The van der Waals surface area contributed by atoms with E-state index in [1.165, 1.54) is 16.7 Å². The van der Waals surface area contributed by atoms with Crippen LogP contribution in [0.25, 0.3) is 0 Å². The summed E-state index contributed by atoms with van der Waals surface area (Å²) in [6.45, 7) is 2.10. The van der Waals surface area contributed by atoms with Crippen molar-refractivity contribution in [2.45, 2.75) is 25.9 Å². The molecule has 0 bridgehead atoms. The Hall–Kier alpha value is -1.96. The number of benzene rings is 2. The van der Waals surface area contributed by atoms with E-state index < -0.39 is 0 Å². The molecule has 0 fully saturated rings. The van der Waals surface area contributed by atoms with E-state index in [0.29, 0.717) is 0 Å². The molecule has 3 rings (SSSR count). The van der Waals surface area contributed by atoms with E-state index in [1.807, 2.05) is 18.2 Å². The number of nitrogen functional groups attached to an aromatic ring is 1. The predicted octanol–water partition coefficient (Wildman–Crippen LogP) is 3.64. The lowest BCUT2D eigenvalue weighted by Crippen LogP contribution is -2.15. The van der Waals surface area contributed by atoms with Crippen molar-refractivity contribution in [2.24, 2.45) is 0 Å². The van der Waals surface area contributed by atoms with Crippen molar-refractivity contribution in [3.63, 3.8) is 0 Å². The largest absolute Gasteiger partial charge is 0.485 e. The van der Waals surface area contributed by atoms with Gasteiger partial charge < -0.3 is 10.5 Å². The van der Waals surface area contributed by atoms with Crippen molar-refractivity contribution in [1.29, 1.82) is 0 Å². The van der Waals surface area contributed by atoms with Crippen molar-refractivity contribution >= 4 is 5.69 Å². The minimum atomic E-state index is 0.168. The number of anilines is 1. The van der Waals surface area contributed by atoms with Crippen LogP contribution in [0.15, 0.2) is 42.5 Å². The van der Waals surface area contributed by atoms with Crippen LogP contribution in [-0.2, 0) is 6.42 Å². The van der Waals surface area contributed by atoms with E-state index in [9.17, 15) is 0 Å². The number of aryl methyl sites for hydroxylation is 2. The second-order valence-electron chi connectivity index (χ2n) is 4.92. The molecule has 1 aliphatic rings. The molecule has 0 amide bonds. The Labute approximate surface area is 107 Å². The number of nitrogens with two attached hydrogens (primary N) is 1. The Kier molecular flexibility index (Phi) is 2.71. The lowest BCUT2D eigenvalue weighted by molar-refractivity contribution is 0.176. The molecule has 1 heterocycles. The second-order valence-corrected chi connectivity index (χ2v) is 4.92. The molecule has 0 radical (unpaired) electrons. The van der Waals surface area contributed by atoms with Gasteiger partial charge >= 0.3 is 0 Å². The molecule has 0 spiro atoms. The van der Waals surface area contributed by atoms with Gasteiger partial charge in [0.05, 0.1) is 0 Å². The molecule has 1 unspecified atom stereocenters. The Morgan fingerprint density at radius 2 is 1.89 bits per heavy atom. The maximum atomic E-state index is 6.06. The molecule has 2 aromatic carbocycles. The van der Waals surface area contributed by atoms with Gasteiger partial charge in [-0.15, -0.1) is 0 Å². The van der Waals surface area contributed by atoms with Crippen LogP contribution in [0.4, 0.5) is 5.69 Å². The molecule has 2 nitrogen and oxygen atoms in total. The molecule has 18 heavy (non-hydrogen) atoms. The molecule has 0 aliphatic carbocycles. The van der Waals surface area contributed by atoms with Crippen molar-refractivity contribution in [3.05, 3.63) is 59.2 Å². The SMILES string of the molecule is Cc1ccc(C2CCc3cc(N)ccc3O2)cc1. The number of fused-ring (bicyclic) bond motifs is 1. The Balaban J connectivity index is 1.86. The minimum Gasteiger partial charge on any atom is -0.485 e. The minimum absolute atomic E-state index is 0.168. The van der Waals surface area contributed by atoms with Crippen LogP contribution in [0, 0.1) is 6.92 Å². The summed E-state index contributed by atoms with van der Waals surface area (Å²) < 4.78 is 6.06. The Morgan fingerprint density at radius 3 is 2.67 bits per heavy atom. The summed E-state index contributed by atoms with van der Waals surface area (Å²) in [7, 11) is 0. The molecule has 0 saturated carbocycles. The molecule has 2 heteroatoms. The fraction of sp³-hybridized carbons (Fsp3) is 0.250. The normalized spacial score (nSPS) is 17.9. The van der Waals surface area contributed by atoms with Gasteiger partial charge in [0.2, 0.25) is 0 Å². The van der Waals surface area contributed by atoms with Gasteiger partial charge in [0.25, 0.3) is 0 Å². The van der Waals surface area contributed by atoms with E-state index in [1.54, 1.807) is 0 Å². The molecule has 2 N–H and O–H groups in total. The van der Waals surface area contributed by atoms with E-state index in [2.05, 4.69) is 31.2 Å². The summed E-state index contributed by atoms with van der Waals surface area (Å²) in [5.74, 6) is 0.973. The van der Waals surface area contributed by atoms with E-state index in [0.717, 1.165) is 24.3 Å². The lowest BCUT2D eigenvalue weighted by Gasteiger charge is -2.26. The first-order valence-electron chi connectivity index (χ1n) is 6.34. The third-order valence-corrected chi connectivity index (χ3v) is 3.48. The van der Waals surface area contributed by atoms with E-state index in [4.69, 9.17) is 10.5 Å². The molecule has 92 valence electrons. The van der Waals surface area contributed by atoms with Gasteiger partial charge in [-0.2, -0.15) is 0 Å². The van der Waals surface area contributed by atoms with Gasteiger partial charge in [-0.25, -0.2) is 0 Å². The highest BCUT2D eigenvalue weighted by Gasteiger charge is 2.21. The van der Waals surface area contributed by atoms with Gasteiger partial charge in [-0.05, 0) is 49.1 Å². The standard InChI is InChI=1S/C16H17NO/c1-11-2-4-12(5-3-11)15-8-6-13-10-14(17)7-9-16(13)18-15/h2-5,7,9-10,15H,6,8,17H2,1H3. The molecule has 0 saturated heterocycles. The van der Waals surface area contributed by atoms with Crippen molar-refractivity contribution in [1.82, 2.24) is 0 Å². The van der Waals surface area contributed by atoms with Crippen LogP contribution >= 0.6 is 0 Å². The number of rotatable bonds is 1. The lowest BCUT2D eigenvalue weighted by atomic mass is 9.96. The number of hydrogen-bond acceptors (Lipinski definition) is 2. The Bertz CT molecular complexity index is 560. The maximum absolute atomic E-state index is 6.06. The quantitative estimate of drug-likeness (QED) is 0.771. The van der Waals surface area contributed by atoms with Crippen LogP contribution in [0.5, 0.6) is 5.75 Å². The summed E-state index contributed by atoms with van der Waals surface area (Å²) in [5.41, 5.74) is 10.4. The highest BCUT2D eigenvalue weighted by molar-refractivity contribution is 5.49. The molecule has 2 aromatic rings. The highest BCUT2D eigenvalue weighted by atomic mass is 16.5. The van der Waals surface area contributed by atoms with Crippen molar-refractivity contribution in [3.8, 4) is 5.75 Å². The molecule has 0 aromatic heterocycles. The second kappa shape index (κ2) is 4.37. The fourth-order valence-electron chi connectivity index (χ4n) is 2.42. The first-order chi connectivity index (χ1) is 8.72. The monoisotopic (exact) mass is 239 g/mol.